The van der Waals surface area contributed by atoms with Gasteiger partial charge in [-0.15, -0.1) is 0 Å². The van der Waals surface area contributed by atoms with E-state index in [9.17, 15) is 4.57 Å². The first kappa shape index (κ1) is 8.63. The lowest BCUT2D eigenvalue weighted by Crippen LogP contribution is -1.91. The van der Waals surface area contributed by atoms with Gasteiger partial charge in [0.15, 0.2) is 0 Å². The predicted molar refractivity (Wildman–Crippen MR) is 64.4 cm³/mol. The van der Waals surface area contributed by atoms with Gasteiger partial charge in [0.25, 0.3) is 0 Å². The standard InChI is InChI=1S/C12H8NOP/c14-15-11-7-3-5-9-8-4-1-2-6-10(8)13-12(9)11/h1-7,13H/p+1. The Morgan fingerprint density at radius 1 is 0.933 bits per heavy atom. The normalized spacial score (nSPS) is 11.5. The zero-order valence-electron chi connectivity index (χ0n) is 7.95. The SMILES string of the molecule is O=[PH+]c1cccc2c1[nH]c1ccccc12. The third-order valence-corrected chi connectivity index (χ3v) is 3.29. The molecule has 1 heterocycles. The number of hydrogen-bond donors (Lipinski definition) is 1. The minimum absolute atomic E-state index is 0.413. The van der Waals surface area contributed by atoms with Crippen molar-refractivity contribution in [2.45, 2.75) is 0 Å². The fraction of sp³-hybridized carbons (Fsp3) is 0. The van der Waals surface area contributed by atoms with Crippen LogP contribution in [-0.4, -0.2) is 4.98 Å². The first-order valence-corrected chi connectivity index (χ1v) is 5.68. The van der Waals surface area contributed by atoms with Crippen LogP contribution in [-0.2, 0) is 4.57 Å². The summed E-state index contributed by atoms with van der Waals surface area (Å²) in [4.78, 5) is 3.30. The van der Waals surface area contributed by atoms with Crippen LogP contribution in [0.5, 0.6) is 0 Å². The monoisotopic (exact) mass is 214 g/mol. The van der Waals surface area contributed by atoms with Crippen LogP contribution >= 0.6 is 8.46 Å². The van der Waals surface area contributed by atoms with Crippen LogP contribution in [0.1, 0.15) is 0 Å². The fourth-order valence-electron chi connectivity index (χ4n) is 1.96. The van der Waals surface area contributed by atoms with Crippen molar-refractivity contribution in [3.63, 3.8) is 0 Å². The average Bonchev–Trinajstić information content (AvgIpc) is 2.67. The Labute approximate surface area is 88.1 Å². The van der Waals surface area contributed by atoms with Crippen LogP contribution in [0.15, 0.2) is 42.5 Å². The van der Waals surface area contributed by atoms with Crippen molar-refractivity contribution in [2.24, 2.45) is 0 Å². The molecule has 3 aromatic rings. The van der Waals surface area contributed by atoms with Crippen molar-refractivity contribution >= 4 is 35.6 Å². The lowest BCUT2D eigenvalue weighted by molar-refractivity contribution is 0.603. The summed E-state index contributed by atoms with van der Waals surface area (Å²) in [7, 11) is -0.413. The molecule has 0 aliphatic carbocycles. The van der Waals surface area contributed by atoms with E-state index in [0.717, 1.165) is 21.7 Å². The molecule has 1 N–H and O–H groups in total. The molecular weight excluding hydrogens is 205 g/mol. The Balaban J connectivity index is 2.59. The number of para-hydroxylation sites is 2. The number of nitrogens with one attached hydrogen (secondary N) is 1. The van der Waals surface area contributed by atoms with E-state index in [4.69, 9.17) is 0 Å². The summed E-state index contributed by atoms with van der Waals surface area (Å²) in [5.41, 5.74) is 2.09. The lowest BCUT2D eigenvalue weighted by Gasteiger charge is -1.88. The highest BCUT2D eigenvalue weighted by Gasteiger charge is 2.11. The van der Waals surface area contributed by atoms with E-state index in [0.29, 0.717) is 0 Å². The Morgan fingerprint density at radius 3 is 2.60 bits per heavy atom. The van der Waals surface area contributed by atoms with Crippen molar-refractivity contribution < 1.29 is 4.57 Å². The highest BCUT2D eigenvalue weighted by molar-refractivity contribution is 7.34. The molecule has 72 valence electrons. The molecule has 2 aromatic carbocycles. The maximum Gasteiger partial charge on any atom is 0.365 e. The molecule has 1 aromatic heterocycles. The van der Waals surface area contributed by atoms with Gasteiger partial charge < -0.3 is 4.98 Å². The molecule has 0 saturated carbocycles. The minimum atomic E-state index is -0.413. The summed E-state index contributed by atoms with van der Waals surface area (Å²) < 4.78 is 11.0. The smallest absolute Gasteiger partial charge is 0.351 e. The number of rotatable bonds is 1. The Morgan fingerprint density at radius 2 is 1.73 bits per heavy atom. The quantitative estimate of drug-likeness (QED) is 0.620. The minimum Gasteiger partial charge on any atom is -0.351 e. The van der Waals surface area contributed by atoms with Gasteiger partial charge in [-0.3, -0.25) is 0 Å². The number of aromatic nitrogens is 1. The fourth-order valence-corrected chi connectivity index (χ4v) is 2.42. The molecule has 1 unspecified atom stereocenters. The third-order valence-electron chi connectivity index (χ3n) is 2.65. The van der Waals surface area contributed by atoms with E-state index in [-0.39, 0.29) is 0 Å². The molecular formula is C12H9NOP+. The summed E-state index contributed by atoms with van der Waals surface area (Å²) in [6.45, 7) is 0. The van der Waals surface area contributed by atoms with Crippen molar-refractivity contribution in [3.05, 3.63) is 42.5 Å². The number of benzene rings is 2. The Hall–Kier alpha value is -1.66. The highest BCUT2D eigenvalue weighted by atomic mass is 31.1. The first-order valence-electron chi connectivity index (χ1n) is 4.78. The van der Waals surface area contributed by atoms with Gasteiger partial charge in [0.2, 0.25) is 5.30 Å². The van der Waals surface area contributed by atoms with Gasteiger partial charge in [0.1, 0.15) is 5.52 Å². The van der Waals surface area contributed by atoms with E-state index in [1.54, 1.807) is 0 Å². The van der Waals surface area contributed by atoms with E-state index >= 15 is 0 Å². The summed E-state index contributed by atoms with van der Waals surface area (Å²) in [6, 6.07) is 14.0. The van der Waals surface area contributed by atoms with Crippen LogP contribution in [0, 0.1) is 0 Å². The second-order valence-corrected chi connectivity index (χ2v) is 4.24. The summed E-state index contributed by atoms with van der Waals surface area (Å²) in [5.74, 6) is 0. The number of H-pyrrole nitrogens is 1. The van der Waals surface area contributed by atoms with Gasteiger partial charge in [-0.05, 0) is 12.1 Å². The molecule has 0 bridgehead atoms. The van der Waals surface area contributed by atoms with Gasteiger partial charge in [0.05, 0.1) is 0 Å². The van der Waals surface area contributed by atoms with Crippen LogP contribution < -0.4 is 5.30 Å². The van der Waals surface area contributed by atoms with Crippen LogP contribution in [0.3, 0.4) is 0 Å². The molecule has 0 amide bonds. The maximum atomic E-state index is 11.0. The molecule has 1 atom stereocenters. The maximum absolute atomic E-state index is 11.0. The van der Waals surface area contributed by atoms with Crippen LogP contribution in [0.25, 0.3) is 21.8 Å². The van der Waals surface area contributed by atoms with Crippen LogP contribution in [0.4, 0.5) is 0 Å². The Bertz CT molecular complexity index is 657. The van der Waals surface area contributed by atoms with E-state index in [2.05, 4.69) is 17.1 Å². The van der Waals surface area contributed by atoms with E-state index < -0.39 is 8.46 Å². The van der Waals surface area contributed by atoms with Gasteiger partial charge >= 0.3 is 8.46 Å². The number of hydrogen-bond acceptors (Lipinski definition) is 1. The topological polar surface area (TPSA) is 32.9 Å². The molecule has 0 radical (unpaired) electrons. The Kier molecular flexibility index (Phi) is 1.83. The van der Waals surface area contributed by atoms with E-state index in [1.165, 1.54) is 5.39 Å². The molecule has 3 rings (SSSR count). The molecule has 15 heavy (non-hydrogen) atoms. The second-order valence-electron chi connectivity index (χ2n) is 3.50. The van der Waals surface area contributed by atoms with Crippen molar-refractivity contribution in [1.82, 2.24) is 4.98 Å². The van der Waals surface area contributed by atoms with E-state index in [1.807, 2.05) is 30.3 Å². The zero-order chi connectivity index (χ0) is 10.3. The molecule has 3 heteroatoms. The van der Waals surface area contributed by atoms with Crippen LogP contribution in [0.2, 0.25) is 0 Å². The summed E-state index contributed by atoms with van der Waals surface area (Å²) in [5, 5.41) is 3.20. The third kappa shape index (κ3) is 1.19. The van der Waals surface area contributed by atoms with Gasteiger partial charge in [0, 0.05) is 16.3 Å². The number of fused-ring (bicyclic) bond motifs is 3. The average molecular weight is 214 g/mol. The van der Waals surface area contributed by atoms with Gasteiger partial charge in [-0.25, -0.2) is 0 Å². The van der Waals surface area contributed by atoms with Crippen molar-refractivity contribution in [2.75, 3.05) is 0 Å². The molecule has 0 aliphatic rings. The molecule has 0 saturated heterocycles. The number of aromatic amines is 1. The largest absolute Gasteiger partial charge is 0.365 e. The summed E-state index contributed by atoms with van der Waals surface area (Å²) >= 11 is 0. The molecule has 0 aliphatic heterocycles. The first-order chi connectivity index (χ1) is 7.40. The molecule has 0 spiro atoms. The second kappa shape index (κ2) is 3.18. The van der Waals surface area contributed by atoms with Gasteiger partial charge in [-0.2, -0.15) is 0 Å². The molecule has 0 fully saturated rings. The lowest BCUT2D eigenvalue weighted by atomic mass is 10.1. The molecule has 2 nitrogen and oxygen atoms in total. The predicted octanol–water partition coefficient (Wildman–Crippen LogP) is 2.97. The highest BCUT2D eigenvalue weighted by Crippen LogP contribution is 2.24. The summed E-state index contributed by atoms with van der Waals surface area (Å²) in [6.07, 6.45) is 0. The zero-order valence-corrected chi connectivity index (χ0v) is 8.95. The van der Waals surface area contributed by atoms with Crippen molar-refractivity contribution in [1.29, 1.82) is 0 Å². The van der Waals surface area contributed by atoms with Gasteiger partial charge in [-0.1, -0.05) is 34.9 Å². The van der Waals surface area contributed by atoms with Crippen molar-refractivity contribution in [3.8, 4) is 0 Å².